The lowest BCUT2D eigenvalue weighted by Gasteiger charge is -2.15. The molecule has 3 rings (SSSR count). The van der Waals surface area contributed by atoms with E-state index in [-0.39, 0.29) is 0 Å². The van der Waals surface area contributed by atoms with Crippen LogP contribution < -0.4 is 11.5 Å². The molecular formula is C19H33N5O. The number of ether oxygens (including phenoxy) is 1. The zero-order valence-electron chi connectivity index (χ0n) is 16.1. The lowest BCUT2D eigenvalue weighted by atomic mass is 10.1. The third-order valence-corrected chi connectivity index (χ3v) is 4.57. The maximum atomic E-state index is 6.28. The van der Waals surface area contributed by atoms with Gasteiger partial charge in [-0.1, -0.05) is 33.1 Å². The summed E-state index contributed by atoms with van der Waals surface area (Å²) in [4.78, 5) is 8.97. The van der Waals surface area contributed by atoms with Gasteiger partial charge in [0.2, 0.25) is 0 Å². The highest BCUT2D eigenvalue weighted by atomic mass is 16.5. The largest absolute Gasteiger partial charge is 0.395 e. The lowest BCUT2D eigenvalue weighted by Crippen LogP contribution is -2.13. The fourth-order valence-electron chi connectivity index (χ4n) is 3.37. The summed E-state index contributed by atoms with van der Waals surface area (Å²) < 4.78 is 7.79. The highest BCUT2D eigenvalue weighted by Gasteiger charge is 2.22. The van der Waals surface area contributed by atoms with Gasteiger partial charge < -0.3 is 20.8 Å². The average Bonchev–Trinajstić information content (AvgIpc) is 3.20. The van der Waals surface area contributed by atoms with E-state index in [2.05, 4.69) is 28.4 Å². The van der Waals surface area contributed by atoms with E-state index in [1.165, 1.54) is 32.1 Å². The monoisotopic (exact) mass is 347 g/mol. The smallest absolute Gasteiger partial charge is 0.152 e. The van der Waals surface area contributed by atoms with Gasteiger partial charge in [0.25, 0.3) is 0 Å². The van der Waals surface area contributed by atoms with Crippen LogP contribution >= 0.6 is 0 Å². The number of rotatable bonds is 5. The van der Waals surface area contributed by atoms with Gasteiger partial charge in [-0.15, -0.1) is 0 Å². The van der Waals surface area contributed by atoms with Crippen LogP contribution in [0.2, 0.25) is 0 Å². The quantitative estimate of drug-likeness (QED) is 0.851. The van der Waals surface area contributed by atoms with Gasteiger partial charge >= 0.3 is 0 Å². The molecule has 0 amide bonds. The molecule has 2 aromatic heterocycles. The molecule has 6 nitrogen and oxygen atoms in total. The Hall–Kier alpha value is -1.82. The number of pyridine rings is 1. The molecule has 6 heteroatoms. The van der Waals surface area contributed by atoms with E-state index < -0.39 is 0 Å². The highest BCUT2D eigenvalue weighted by molar-refractivity contribution is 5.95. The SMILES string of the molecule is CCC.CCOCc1nc2c(N)nc(C)c(N)c2n1CC1CCCC1. The van der Waals surface area contributed by atoms with Crippen LogP contribution in [0.25, 0.3) is 11.0 Å². The lowest BCUT2D eigenvalue weighted by molar-refractivity contribution is 0.125. The average molecular weight is 348 g/mol. The van der Waals surface area contributed by atoms with Crippen molar-refractivity contribution in [2.45, 2.75) is 73.0 Å². The number of aryl methyl sites for hydroxylation is 1. The first-order valence-electron chi connectivity index (χ1n) is 9.51. The molecular weight excluding hydrogens is 314 g/mol. The summed E-state index contributed by atoms with van der Waals surface area (Å²) in [5.41, 5.74) is 15.4. The number of hydrogen-bond acceptors (Lipinski definition) is 5. The first kappa shape index (κ1) is 19.5. The first-order chi connectivity index (χ1) is 12.0. The summed E-state index contributed by atoms with van der Waals surface area (Å²) >= 11 is 0. The van der Waals surface area contributed by atoms with Crippen LogP contribution in [0.5, 0.6) is 0 Å². The molecule has 4 N–H and O–H groups in total. The number of fused-ring (bicyclic) bond motifs is 1. The summed E-state index contributed by atoms with van der Waals surface area (Å²) in [6.07, 6.45) is 6.42. The number of aromatic nitrogens is 3. The molecule has 1 aliphatic carbocycles. The zero-order valence-corrected chi connectivity index (χ0v) is 16.1. The van der Waals surface area contributed by atoms with Gasteiger partial charge in [-0.25, -0.2) is 9.97 Å². The number of imidazole rings is 1. The molecule has 0 radical (unpaired) electrons. The molecule has 0 unspecified atom stereocenters. The molecule has 1 fully saturated rings. The maximum Gasteiger partial charge on any atom is 0.152 e. The van der Waals surface area contributed by atoms with E-state index in [1.54, 1.807) is 0 Å². The van der Waals surface area contributed by atoms with Crippen molar-refractivity contribution in [1.82, 2.24) is 14.5 Å². The number of hydrogen-bond donors (Lipinski definition) is 2. The van der Waals surface area contributed by atoms with Crippen molar-refractivity contribution in [3.8, 4) is 0 Å². The Morgan fingerprint density at radius 2 is 1.76 bits per heavy atom. The van der Waals surface area contributed by atoms with E-state index in [9.17, 15) is 0 Å². The van der Waals surface area contributed by atoms with Crippen LogP contribution in [0.3, 0.4) is 0 Å². The molecule has 140 valence electrons. The van der Waals surface area contributed by atoms with Crippen LogP contribution in [-0.4, -0.2) is 21.1 Å². The third-order valence-electron chi connectivity index (χ3n) is 4.57. The van der Waals surface area contributed by atoms with Crippen LogP contribution in [0.4, 0.5) is 11.5 Å². The van der Waals surface area contributed by atoms with Crippen molar-refractivity contribution >= 4 is 22.5 Å². The minimum Gasteiger partial charge on any atom is -0.395 e. The van der Waals surface area contributed by atoms with Crippen molar-refractivity contribution in [3.63, 3.8) is 0 Å². The van der Waals surface area contributed by atoms with Gasteiger partial charge in [0.05, 0.1) is 16.9 Å². The molecule has 2 heterocycles. The van der Waals surface area contributed by atoms with Crippen LogP contribution in [0.15, 0.2) is 0 Å². The second-order valence-corrected chi connectivity index (χ2v) is 6.83. The predicted molar refractivity (Wildman–Crippen MR) is 104 cm³/mol. The van der Waals surface area contributed by atoms with Crippen molar-refractivity contribution in [2.24, 2.45) is 5.92 Å². The summed E-state index contributed by atoms with van der Waals surface area (Å²) in [6, 6.07) is 0. The van der Waals surface area contributed by atoms with Crippen molar-refractivity contribution < 1.29 is 4.74 Å². The minimum atomic E-state index is 0.449. The third kappa shape index (κ3) is 4.42. The highest BCUT2D eigenvalue weighted by Crippen LogP contribution is 2.32. The predicted octanol–water partition coefficient (Wildman–Crippen LogP) is 4.05. The Morgan fingerprint density at radius 3 is 2.36 bits per heavy atom. The summed E-state index contributed by atoms with van der Waals surface area (Å²) in [5, 5.41) is 0. The van der Waals surface area contributed by atoms with Crippen LogP contribution in [-0.2, 0) is 17.9 Å². The van der Waals surface area contributed by atoms with Crippen LogP contribution in [0.1, 0.15) is 64.4 Å². The zero-order chi connectivity index (χ0) is 18.4. The molecule has 0 atom stereocenters. The van der Waals surface area contributed by atoms with Crippen molar-refractivity contribution in [1.29, 1.82) is 0 Å². The van der Waals surface area contributed by atoms with Gasteiger partial charge in [-0.05, 0) is 32.6 Å². The van der Waals surface area contributed by atoms with Gasteiger partial charge in [-0.2, -0.15) is 0 Å². The standard InChI is InChI=1S/C16H25N5O.C3H8/c1-3-22-9-12-20-14-15(13(17)10(2)19-16(14)18)21(12)8-11-6-4-5-7-11;1-3-2/h11H,3-9,17H2,1-2H3,(H2,18,19);3H2,1-2H3. The van der Waals surface area contributed by atoms with E-state index >= 15 is 0 Å². The van der Waals surface area contributed by atoms with Gasteiger partial charge in [-0.3, -0.25) is 0 Å². The summed E-state index contributed by atoms with van der Waals surface area (Å²) in [5.74, 6) is 2.03. The molecule has 0 spiro atoms. The molecule has 0 aliphatic heterocycles. The Morgan fingerprint density at radius 1 is 1.12 bits per heavy atom. The molecule has 25 heavy (non-hydrogen) atoms. The Balaban J connectivity index is 0.000000701. The fraction of sp³-hybridized carbons (Fsp3) is 0.684. The van der Waals surface area contributed by atoms with E-state index in [4.69, 9.17) is 16.2 Å². The Kier molecular flexibility index (Phi) is 7.05. The molecule has 1 aliphatic rings. The first-order valence-corrected chi connectivity index (χ1v) is 9.51. The summed E-state index contributed by atoms with van der Waals surface area (Å²) in [7, 11) is 0. The topological polar surface area (TPSA) is 92.0 Å². The van der Waals surface area contributed by atoms with E-state index in [0.29, 0.717) is 36.2 Å². The number of nitrogens with zero attached hydrogens (tertiary/aromatic N) is 3. The van der Waals surface area contributed by atoms with Gasteiger partial charge in [0.1, 0.15) is 17.9 Å². The second kappa shape index (κ2) is 9.04. The molecule has 0 saturated heterocycles. The summed E-state index contributed by atoms with van der Waals surface area (Å²) in [6.45, 7) is 10.2. The number of anilines is 2. The van der Waals surface area contributed by atoms with Crippen molar-refractivity contribution in [3.05, 3.63) is 11.5 Å². The molecule has 2 aromatic rings. The molecule has 0 bridgehead atoms. The van der Waals surface area contributed by atoms with Gasteiger partial charge in [0.15, 0.2) is 5.82 Å². The minimum absolute atomic E-state index is 0.449. The maximum absolute atomic E-state index is 6.28. The number of nitrogens with two attached hydrogens (primary N) is 2. The Bertz CT molecular complexity index is 689. The number of nitrogen functional groups attached to an aromatic ring is 2. The molecule has 1 saturated carbocycles. The van der Waals surface area contributed by atoms with E-state index in [1.807, 2.05) is 13.8 Å². The van der Waals surface area contributed by atoms with Crippen LogP contribution in [0, 0.1) is 12.8 Å². The van der Waals surface area contributed by atoms with Crippen molar-refractivity contribution in [2.75, 3.05) is 18.1 Å². The second-order valence-electron chi connectivity index (χ2n) is 6.83. The molecule has 0 aromatic carbocycles. The Labute approximate surface area is 151 Å². The fourth-order valence-corrected chi connectivity index (χ4v) is 3.37. The van der Waals surface area contributed by atoms with Gasteiger partial charge in [0, 0.05) is 13.2 Å². The normalized spacial score (nSPS) is 14.7. The van der Waals surface area contributed by atoms with E-state index in [0.717, 1.165) is 23.6 Å².